The summed E-state index contributed by atoms with van der Waals surface area (Å²) in [6, 6.07) is 3.02. The van der Waals surface area contributed by atoms with Crippen molar-refractivity contribution in [2.24, 2.45) is 0 Å². The molecular formula is C20H27F2N5O2S. The van der Waals surface area contributed by atoms with E-state index in [4.69, 9.17) is 0 Å². The summed E-state index contributed by atoms with van der Waals surface area (Å²) in [6.45, 7) is 1.31. The summed E-state index contributed by atoms with van der Waals surface area (Å²) in [5.41, 5.74) is 0.867. The van der Waals surface area contributed by atoms with E-state index in [1.54, 1.807) is 6.20 Å². The van der Waals surface area contributed by atoms with Gasteiger partial charge in [-0.15, -0.1) is 0 Å². The molecule has 30 heavy (non-hydrogen) atoms. The van der Waals surface area contributed by atoms with E-state index in [0.717, 1.165) is 17.4 Å². The van der Waals surface area contributed by atoms with Crippen LogP contribution in [-0.4, -0.2) is 72.1 Å². The second-order valence-corrected chi connectivity index (χ2v) is 10.8. The highest BCUT2D eigenvalue weighted by Gasteiger charge is 2.43. The van der Waals surface area contributed by atoms with Crippen LogP contribution >= 0.6 is 0 Å². The van der Waals surface area contributed by atoms with Crippen LogP contribution in [0, 0.1) is 0 Å². The summed E-state index contributed by atoms with van der Waals surface area (Å²) in [4.78, 5) is 4.39. The minimum atomic E-state index is -3.36. The van der Waals surface area contributed by atoms with Crippen LogP contribution in [0.25, 0.3) is 10.9 Å². The van der Waals surface area contributed by atoms with E-state index in [2.05, 4.69) is 15.6 Å². The van der Waals surface area contributed by atoms with Crippen molar-refractivity contribution in [2.45, 2.75) is 55.4 Å². The molecule has 0 spiro atoms. The molecule has 2 aromatic rings. The van der Waals surface area contributed by atoms with E-state index in [9.17, 15) is 17.2 Å². The number of nitrogens with zero attached hydrogens (tertiary/aromatic N) is 3. The van der Waals surface area contributed by atoms with E-state index in [1.165, 1.54) is 4.31 Å². The van der Waals surface area contributed by atoms with Crippen LogP contribution in [0.2, 0.25) is 0 Å². The van der Waals surface area contributed by atoms with E-state index in [1.807, 2.05) is 22.9 Å². The van der Waals surface area contributed by atoms with Gasteiger partial charge < -0.3 is 15.2 Å². The van der Waals surface area contributed by atoms with E-state index < -0.39 is 28.4 Å². The average Bonchev–Trinajstić information content (AvgIpc) is 3.51. The molecule has 164 valence electrons. The number of rotatable bonds is 5. The van der Waals surface area contributed by atoms with Gasteiger partial charge in [0, 0.05) is 43.5 Å². The molecule has 10 heteroatoms. The van der Waals surface area contributed by atoms with Gasteiger partial charge in [-0.2, -0.15) is 4.31 Å². The molecule has 3 aliphatic rings. The van der Waals surface area contributed by atoms with Gasteiger partial charge in [0.2, 0.25) is 10.0 Å². The molecule has 0 amide bonds. The largest absolute Gasteiger partial charge is 0.364 e. The number of halogens is 2. The van der Waals surface area contributed by atoms with Gasteiger partial charge in [0.1, 0.15) is 18.2 Å². The molecule has 2 N–H and O–H groups in total. The molecule has 2 saturated heterocycles. The van der Waals surface area contributed by atoms with Crippen molar-refractivity contribution in [3.8, 4) is 0 Å². The second-order valence-electron chi connectivity index (χ2n) is 8.59. The first-order valence-electron chi connectivity index (χ1n) is 10.6. The summed E-state index contributed by atoms with van der Waals surface area (Å²) in [7, 11) is -3.36. The molecule has 2 aromatic heterocycles. The van der Waals surface area contributed by atoms with Crippen molar-refractivity contribution >= 4 is 26.7 Å². The van der Waals surface area contributed by atoms with Gasteiger partial charge in [0.05, 0.1) is 22.9 Å². The van der Waals surface area contributed by atoms with Crippen molar-refractivity contribution in [1.29, 1.82) is 0 Å². The smallest absolute Gasteiger partial charge is 0.217 e. The Hall–Kier alpha value is -1.78. The van der Waals surface area contributed by atoms with Gasteiger partial charge in [-0.1, -0.05) is 0 Å². The Labute approximate surface area is 174 Å². The molecule has 3 fully saturated rings. The quantitative estimate of drug-likeness (QED) is 0.747. The molecule has 0 bridgehead atoms. The van der Waals surface area contributed by atoms with Crippen molar-refractivity contribution < 1.29 is 17.2 Å². The van der Waals surface area contributed by atoms with Crippen LogP contribution in [0.4, 0.5) is 14.6 Å². The predicted molar refractivity (Wildman–Crippen MR) is 112 cm³/mol. The SMILES string of the molecule is O=S(=O)(C1CC1)N1CC[C@@H](Nc2cc3c(ccn3[C@@H]3CCNC[C@@H]3F)cn2)[C@H](F)C1. The van der Waals surface area contributed by atoms with Crippen LogP contribution in [0.5, 0.6) is 0 Å². The van der Waals surface area contributed by atoms with Crippen LogP contribution in [0.3, 0.4) is 0 Å². The number of alkyl halides is 2. The first kappa shape index (κ1) is 20.1. The van der Waals surface area contributed by atoms with E-state index >= 15 is 0 Å². The van der Waals surface area contributed by atoms with Crippen LogP contribution in [0.1, 0.15) is 31.7 Å². The summed E-state index contributed by atoms with van der Waals surface area (Å²) >= 11 is 0. The van der Waals surface area contributed by atoms with Crippen LogP contribution in [0.15, 0.2) is 24.5 Å². The maximum atomic E-state index is 14.8. The number of nitrogens with one attached hydrogen (secondary N) is 2. The standard InChI is InChI=1S/C20H27F2N5O2S/c21-15-11-23-6-3-18(15)27-8-4-13-10-24-20(9-19(13)27)25-17-5-7-26(12-16(17)22)30(28,29)14-1-2-14/h4,8-10,14-18,23H,1-3,5-7,11-12H2,(H,24,25)/t15-,16+,17+,18+/m0/s1. The molecule has 1 saturated carbocycles. The van der Waals surface area contributed by atoms with Crippen molar-refractivity contribution in [1.82, 2.24) is 19.2 Å². The highest BCUT2D eigenvalue weighted by molar-refractivity contribution is 7.90. The molecule has 5 rings (SSSR count). The average molecular weight is 440 g/mol. The van der Waals surface area contributed by atoms with E-state index in [0.29, 0.717) is 44.6 Å². The molecule has 2 aliphatic heterocycles. The van der Waals surface area contributed by atoms with Gasteiger partial charge >= 0.3 is 0 Å². The maximum absolute atomic E-state index is 14.8. The Bertz CT molecular complexity index is 1030. The van der Waals surface area contributed by atoms with E-state index in [-0.39, 0.29) is 17.8 Å². The van der Waals surface area contributed by atoms with Crippen molar-refractivity contribution in [3.63, 3.8) is 0 Å². The van der Waals surface area contributed by atoms with Crippen molar-refractivity contribution in [3.05, 3.63) is 24.5 Å². The Morgan fingerprint density at radius 1 is 1.17 bits per heavy atom. The fraction of sp³-hybridized carbons (Fsp3) is 0.650. The lowest BCUT2D eigenvalue weighted by molar-refractivity contribution is 0.185. The number of piperidine rings is 2. The number of hydrogen-bond acceptors (Lipinski definition) is 5. The zero-order chi connectivity index (χ0) is 20.9. The predicted octanol–water partition coefficient (Wildman–Crippen LogP) is 2.23. The fourth-order valence-electron chi connectivity index (χ4n) is 4.57. The molecular weight excluding hydrogens is 412 g/mol. The van der Waals surface area contributed by atoms with Crippen LogP contribution < -0.4 is 10.6 Å². The Morgan fingerprint density at radius 3 is 2.73 bits per heavy atom. The monoisotopic (exact) mass is 439 g/mol. The summed E-state index contributed by atoms with van der Waals surface area (Å²) < 4.78 is 57.3. The Balaban J connectivity index is 1.31. The molecule has 1 aliphatic carbocycles. The number of pyridine rings is 1. The third-order valence-electron chi connectivity index (χ3n) is 6.48. The normalized spacial score (nSPS) is 31.1. The fourth-order valence-corrected chi connectivity index (χ4v) is 6.44. The lowest BCUT2D eigenvalue weighted by Crippen LogP contribution is -2.50. The first-order valence-corrected chi connectivity index (χ1v) is 12.1. The number of sulfonamides is 1. The van der Waals surface area contributed by atoms with Crippen molar-refractivity contribution in [2.75, 3.05) is 31.5 Å². The topological polar surface area (TPSA) is 79.3 Å². The van der Waals surface area contributed by atoms with Gasteiger partial charge in [0.25, 0.3) is 0 Å². The maximum Gasteiger partial charge on any atom is 0.217 e. The minimum absolute atomic E-state index is 0.117. The number of hydrogen-bond donors (Lipinski definition) is 2. The van der Waals surface area contributed by atoms with Gasteiger partial charge in [0.15, 0.2) is 0 Å². The first-order chi connectivity index (χ1) is 14.4. The number of fused-ring (bicyclic) bond motifs is 1. The minimum Gasteiger partial charge on any atom is -0.364 e. The van der Waals surface area contributed by atoms with Gasteiger partial charge in [-0.25, -0.2) is 22.2 Å². The van der Waals surface area contributed by atoms with Gasteiger partial charge in [-0.05, 0) is 38.3 Å². The number of aromatic nitrogens is 2. The lowest BCUT2D eigenvalue weighted by atomic mass is 10.0. The zero-order valence-electron chi connectivity index (χ0n) is 16.7. The number of anilines is 1. The summed E-state index contributed by atoms with van der Waals surface area (Å²) in [6.07, 6.45) is 3.77. The molecule has 4 atom stereocenters. The highest BCUT2D eigenvalue weighted by atomic mass is 32.2. The third-order valence-corrected chi connectivity index (χ3v) is 8.84. The molecule has 7 nitrogen and oxygen atoms in total. The Kier molecular flexibility index (Phi) is 5.19. The third kappa shape index (κ3) is 3.69. The molecule has 0 unspecified atom stereocenters. The lowest BCUT2D eigenvalue weighted by Gasteiger charge is -2.34. The second kappa shape index (κ2) is 7.72. The highest BCUT2D eigenvalue weighted by Crippen LogP contribution is 2.33. The summed E-state index contributed by atoms with van der Waals surface area (Å²) in [5, 5.41) is 6.80. The Morgan fingerprint density at radius 2 is 2.00 bits per heavy atom. The molecule has 0 radical (unpaired) electrons. The van der Waals surface area contributed by atoms with Crippen LogP contribution in [-0.2, 0) is 10.0 Å². The van der Waals surface area contributed by atoms with Gasteiger partial charge in [-0.3, -0.25) is 0 Å². The zero-order valence-corrected chi connectivity index (χ0v) is 17.5. The summed E-state index contributed by atoms with van der Waals surface area (Å²) in [5.74, 6) is 0.526. The molecule has 4 heterocycles. The molecule has 0 aromatic carbocycles.